The fourth-order valence-electron chi connectivity index (χ4n) is 3.77. The van der Waals surface area contributed by atoms with Gasteiger partial charge in [0, 0.05) is 13.1 Å². The van der Waals surface area contributed by atoms with Crippen LogP contribution in [0.5, 0.6) is 0 Å². The first-order valence-electron chi connectivity index (χ1n) is 8.58. The molecule has 24 heavy (non-hydrogen) atoms. The lowest BCUT2D eigenvalue weighted by Crippen LogP contribution is -2.37. The van der Waals surface area contributed by atoms with E-state index >= 15 is 0 Å². The van der Waals surface area contributed by atoms with Gasteiger partial charge in [-0.1, -0.05) is 31.4 Å². The van der Waals surface area contributed by atoms with Gasteiger partial charge < -0.3 is 0 Å². The summed E-state index contributed by atoms with van der Waals surface area (Å²) in [6, 6.07) is 6.71. The van der Waals surface area contributed by atoms with E-state index < -0.39 is 25.9 Å². The Morgan fingerprint density at radius 1 is 1.00 bits per heavy atom. The molecule has 3 rings (SSSR count). The van der Waals surface area contributed by atoms with Crippen LogP contribution >= 0.6 is 0 Å². The van der Waals surface area contributed by atoms with Crippen molar-refractivity contribution in [2.45, 2.75) is 55.4 Å². The maximum absolute atomic E-state index is 12.7. The van der Waals surface area contributed by atoms with Crippen molar-refractivity contribution < 1.29 is 16.8 Å². The van der Waals surface area contributed by atoms with Gasteiger partial charge in [-0.3, -0.25) is 0 Å². The van der Waals surface area contributed by atoms with E-state index in [4.69, 9.17) is 0 Å². The predicted octanol–water partition coefficient (Wildman–Crippen LogP) is 2.54. The quantitative estimate of drug-likeness (QED) is 0.815. The number of rotatable bonds is 4. The molecule has 2 aliphatic rings. The minimum absolute atomic E-state index is 0.0676. The van der Waals surface area contributed by atoms with E-state index in [0.29, 0.717) is 12.3 Å². The van der Waals surface area contributed by atoms with Crippen molar-refractivity contribution in [3.05, 3.63) is 29.8 Å². The Bertz CT molecular complexity index is 778. The van der Waals surface area contributed by atoms with Crippen molar-refractivity contribution in [2.24, 2.45) is 0 Å². The van der Waals surface area contributed by atoms with Crippen molar-refractivity contribution in [3.8, 4) is 0 Å². The predicted molar refractivity (Wildman–Crippen MR) is 94.3 cm³/mol. The summed E-state index contributed by atoms with van der Waals surface area (Å²) in [5.74, 6) is 0.523. The molecular formula is C17H25NO4S2. The Labute approximate surface area is 145 Å². The molecule has 0 N–H and O–H groups in total. The number of sulfone groups is 1. The summed E-state index contributed by atoms with van der Waals surface area (Å²) < 4.78 is 49.9. The highest BCUT2D eigenvalue weighted by Crippen LogP contribution is 2.33. The lowest BCUT2D eigenvalue weighted by Gasteiger charge is -2.24. The second-order valence-electron chi connectivity index (χ2n) is 6.98. The number of nitrogens with zero attached hydrogens (tertiary/aromatic N) is 1. The molecule has 5 nitrogen and oxygen atoms in total. The van der Waals surface area contributed by atoms with Crippen LogP contribution in [-0.4, -0.2) is 45.7 Å². The summed E-state index contributed by atoms with van der Waals surface area (Å²) in [6.45, 7) is 0. The minimum atomic E-state index is -3.65. The normalized spacial score (nSPS) is 25.2. The van der Waals surface area contributed by atoms with Crippen LogP contribution in [0, 0.1) is 0 Å². The Morgan fingerprint density at radius 2 is 1.62 bits per heavy atom. The molecule has 0 amide bonds. The Hall–Kier alpha value is -0.920. The molecule has 0 bridgehead atoms. The third kappa shape index (κ3) is 3.68. The molecule has 1 aromatic carbocycles. The second kappa shape index (κ2) is 6.77. The lowest BCUT2D eigenvalue weighted by atomic mass is 9.84. The van der Waals surface area contributed by atoms with Crippen LogP contribution in [0.2, 0.25) is 0 Å². The third-order valence-corrected chi connectivity index (χ3v) is 9.03. The first-order chi connectivity index (χ1) is 11.3. The molecule has 1 saturated heterocycles. The molecule has 1 saturated carbocycles. The molecular weight excluding hydrogens is 346 g/mol. The van der Waals surface area contributed by atoms with Gasteiger partial charge in [-0.05, 0) is 42.9 Å². The zero-order valence-corrected chi connectivity index (χ0v) is 15.7. The van der Waals surface area contributed by atoms with E-state index in [-0.39, 0.29) is 16.4 Å². The first-order valence-corrected chi connectivity index (χ1v) is 11.8. The molecule has 0 aromatic heterocycles. The molecule has 2 fully saturated rings. The van der Waals surface area contributed by atoms with Crippen LogP contribution in [0.3, 0.4) is 0 Å². The highest BCUT2D eigenvalue weighted by Gasteiger charge is 2.36. The van der Waals surface area contributed by atoms with Gasteiger partial charge in [0.1, 0.15) is 0 Å². The van der Waals surface area contributed by atoms with Gasteiger partial charge in [-0.25, -0.2) is 16.8 Å². The van der Waals surface area contributed by atoms with Crippen molar-refractivity contribution in [1.29, 1.82) is 0 Å². The summed E-state index contributed by atoms with van der Waals surface area (Å²) in [7, 11) is -5.28. The summed E-state index contributed by atoms with van der Waals surface area (Å²) in [5, 5.41) is 0. The Morgan fingerprint density at radius 3 is 2.17 bits per heavy atom. The standard InChI is InChI=1S/C17H25NO4S2/c1-18(16-11-12-23(19,20)13-16)24(21,22)17-9-7-15(8-10-17)14-5-3-2-4-6-14/h7-10,14,16H,2-6,11-13H2,1H3/t16-/m0/s1. The molecule has 1 aromatic rings. The average Bonchev–Trinajstić information content (AvgIpc) is 2.95. The molecule has 1 heterocycles. The molecule has 0 radical (unpaired) electrons. The summed E-state index contributed by atoms with van der Waals surface area (Å²) >= 11 is 0. The van der Waals surface area contributed by atoms with E-state index in [1.165, 1.54) is 49.0 Å². The van der Waals surface area contributed by atoms with Crippen molar-refractivity contribution in [1.82, 2.24) is 4.31 Å². The monoisotopic (exact) mass is 371 g/mol. The SMILES string of the molecule is CN([C@H]1CCS(=O)(=O)C1)S(=O)(=O)c1ccc(C2CCCCC2)cc1. The number of hydrogen-bond donors (Lipinski definition) is 0. The summed E-state index contributed by atoms with van der Waals surface area (Å²) in [6.07, 6.45) is 6.49. The zero-order valence-electron chi connectivity index (χ0n) is 14.0. The van der Waals surface area contributed by atoms with Crippen LogP contribution in [-0.2, 0) is 19.9 Å². The molecule has 1 atom stereocenters. The van der Waals surface area contributed by atoms with E-state index in [1.807, 2.05) is 12.1 Å². The smallest absolute Gasteiger partial charge is 0.229 e. The van der Waals surface area contributed by atoms with Gasteiger partial charge in [0.05, 0.1) is 16.4 Å². The largest absolute Gasteiger partial charge is 0.243 e. The highest BCUT2D eigenvalue weighted by molar-refractivity contribution is 7.92. The van der Waals surface area contributed by atoms with Gasteiger partial charge in [0.15, 0.2) is 9.84 Å². The first kappa shape index (κ1) is 17.9. The Kier molecular flexibility index (Phi) is 5.04. The molecule has 134 valence electrons. The minimum Gasteiger partial charge on any atom is -0.229 e. The van der Waals surface area contributed by atoms with Crippen LogP contribution in [0.25, 0.3) is 0 Å². The number of benzene rings is 1. The molecule has 0 unspecified atom stereocenters. The zero-order chi connectivity index (χ0) is 17.4. The maximum Gasteiger partial charge on any atom is 0.243 e. The van der Waals surface area contributed by atoms with Crippen molar-refractivity contribution in [3.63, 3.8) is 0 Å². The van der Waals surface area contributed by atoms with Crippen LogP contribution in [0.1, 0.15) is 50.0 Å². The molecule has 7 heteroatoms. The topological polar surface area (TPSA) is 71.5 Å². The van der Waals surface area contributed by atoms with Crippen molar-refractivity contribution in [2.75, 3.05) is 18.6 Å². The van der Waals surface area contributed by atoms with Gasteiger partial charge >= 0.3 is 0 Å². The fraction of sp³-hybridized carbons (Fsp3) is 0.647. The van der Waals surface area contributed by atoms with E-state index in [9.17, 15) is 16.8 Å². The fourth-order valence-corrected chi connectivity index (χ4v) is 7.03. The van der Waals surface area contributed by atoms with Crippen LogP contribution in [0.15, 0.2) is 29.2 Å². The highest BCUT2D eigenvalue weighted by atomic mass is 32.2. The van der Waals surface area contributed by atoms with Gasteiger partial charge in [0.25, 0.3) is 0 Å². The van der Waals surface area contributed by atoms with Crippen LogP contribution < -0.4 is 0 Å². The molecule has 1 aliphatic heterocycles. The maximum atomic E-state index is 12.7. The van der Waals surface area contributed by atoms with E-state index in [1.54, 1.807) is 12.1 Å². The molecule has 0 spiro atoms. The van der Waals surface area contributed by atoms with E-state index in [2.05, 4.69) is 0 Å². The van der Waals surface area contributed by atoms with Gasteiger partial charge in [-0.15, -0.1) is 0 Å². The summed E-state index contributed by atoms with van der Waals surface area (Å²) in [5.41, 5.74) is 1.21. The third-order valence-electron chi connectivity index (χ3n) is 5.36. The van der Waals surface area contributed by atoms with E-state index in [0.717, 1.165) is 0 Å². The van der Waals surface area contributed by atoms with Gasteiger partial charge in [-0.2, -0.15) is 4.31 Å². The average molecular weight is 372 g/mol. The summed E-state index contributed by atoms with van der Waals surface area (Å²) in [4.78, 5) is 0.244. The lowest BCUT2D eigenvalue weighted by molar-refractivity contribution is 0.394. The number of sulfonamides is 1. The van der Waals surface area contributed by atoms with Crippen molar-refractivity contribution >= 4 is 19.9 Å². The Balaban J connectivity index is 1.77. The number of hydrogen-bond acceptors (Lipinski definition) is 4. The molecule has 1 aliphatic carbocycles. The van der Waals surface area contributed by atoms with Crippen LogP contribution in [0.4, 0.5) is 0 Å². The van der Waals surface area contributed by atoms with Gasteiger partial charge in [0.2, 0.25) is 10.0 Å². The second-order valence-corrected chi connectivity index (χ2v) is 11.2.